The summed E-state index contributed by atoms with van der Waals surface area (Å²) in [6.45, 7) is 5.44. The summed E-state index contributed by atoms with van der Waals surface area (Å²) in [4.78, 5) is 2.49. The van der Waals surface area contributed by atoms with Gasteiger partial charge in [0.25, 0.3) is 0 Å². The number of halogens is 1. The Morgan fingerprint density at radius 2 is 1.71 bits per heavy atom. The molecule has 128 valence electrons. The Bertz CT molecular complexity index is 608. The summed E-state index contributed by atoms with van der Waals surface area (Å²) >= 11 is 0. The Balaban J connectivity index is 1.45. The van der Waals surface area contributed by atoms with Gasteiger partial charge in [0, 0.05) is 12.5 Å². The van der Waals surface area contributed by atoms with Crippen molar-refractivity contribution in [3.63, 3.8) is 0 Å². The zero-order valence-electron chi connectivity index (χ0n) is 14.6. The molecule has 2 aromatic carbocycles. The largest absolute Gasteiger partial charge is 0.299 e. The SMILES string of the molecule is CCN(CCCc1ccc(C2CCC2F)cc1)Cc1ccccc1. The molecule has 0 N–H and O–H groups in total. The van der Waals surface area contributed by atoms with E-state index in [2.05, 4.69) is 66.4 Å². The molecule has 0 aromatic heterocycles. The molecule has 24 heavy (non-hydrogen) atoms. The summed E-state index contributed by atoms with van der Waals surface area (Å²) in [7, 11) is 0. The minimum atomic E-state index is -0.619. The van der Waals surface area contributed by atoms with Crippen molar-refractivity contribution >= 4 is 0 Å². The van der Waals surface area contributed by atoms with E-state index in [4.69, 9.17) is 0 Å². The second-order valence-electron chi connectivity index (χ2n) is 6.90. The molecule has 0 amide bonds. The second kappa shape index (κ2) is 8.43. The minimum Gasteiger partial charge on any atom is -0.299 e. The molecule has 2 atom stereocenters. The second-order valence-corrected chi connectivity index (χ2v) is 6.90. The van der Waals surface area contributed by atoms with E-state index in [-0.39, 0.29) is 5.92 Å². The van der Waals surface area contributed by atoms with E-state index in [0.29, 0.717) is 0 Å². The lowest BCUT2D eigenvalue weighted by atomic mass is 9.78. The van der Waals surface area contributed by atoms with Crippen LogP contribution in [0.5, 0.6) is 0 Å². The predicted octanol–water partition coefficient (Wildman–Crippen LogP) is 5.36. The third kappa shape index (κ3) is 4.45. The Kier molecular flexibility index (Phi) is 6.03. The van der Waals surface area contributed by atoms with Gasteiger partial charge in [-0.05, 0) is 55.5 Å². The third-order valence-corrected chi connectivity index (χ3v) is 5.23. The van der Waals surface area contributed by atoms with Crippen LogP contribution >= 0.6 is 0 Å². The van der Waals surface area contributed by atoms with Crippen molar-refractivity contribution in [2.75, 3.05) is 13.1 Å². The number of hydrogen-bond donors (Lipinski definition) is 0. The van der Waals surface area contributed by atoms with E-state index in [1.54, 1.807) is 0 Å². The van der Waals surface area contributed by atoms with Gasteiger partial charge in [-0.3, -0.25) is 4.90 Å². The molecule has 0 bridgehead atoms. The quantitative estimate of drug-likeness (QED) is 0.632. The van der Waals surface area contributed by atoms with Crippen LogP contribution in [0, 0.1) is 0 Å². The van der Waals surface area contributed by atoms with Gasteiger partial charge < -0.3 is 0 Å². The van der Waals surface area contributed by atoms with Crippen LogP contribution < -0.4 is 0 Å². The molecule has 1 aliphatic rings. The van der Waals surface area contributed by atoms with Crippen LogP contribution in [0.4, 0.5) is 4.39 Å². The fraction of sp³-hybridized carbons (Fsp3) is 0.455. The molecule has 0 aliphatic heterocycles. The first kappa shape index (κ1) is 17.2. The first-order valence-corrected chi connectivity index (χ1v) is 9.25. The fourth-order valence-corrected chi connectivity index (χ4v) is 3.46. The monoisotopic (exact) mass is 325 g/mol. The average Bonchev–Trinajstić information content (AvgIpc) is 2.62. The summed E-state index contributed by atoms with van der Waals surface area (Å²) in [6.07, 6.45) is 3.38. The van der Waals surface area contributed by atoms with E-state index in [1.165, 1.54) is 16.7 Å². The van der Waals surface area contributed by atoms with Crippen LogP contribution in [0.1, 0.15) is 48.8 Å². The Morgan fingerprint density at radius 3 is 2.29 bits per heavy atom. The van der Waals surface area contributed by atoms with Crippen molar-refractivity contribution in [1.29, 1.82) is 0 Å². The average molecular weight is 325 g/mol. The number of hydrogen-bond acceptors (Lipinski definition) is 1. The lowest BCUT2D eigenvalue weighted by molar-refractivity contribution is 0.170. The van der Waals surface area contributed by atoms with E-state index >= 15 is 0 Å². The van der Waals surface area contributed by atoms with Crippen molar-refractivity contribution in [1.82, 2.24) is 4.90 Å². The van der Waals surface area contributed by atoms with Crippen molar-refractivity contribution in [2.45, 2.75) is 51.2 Å². The number of nitrogens with zero attached hydrogens (tertiary/aromatic N) is 1. The molecule has 1 aliphatic carbocycles. The van der Waals surface area contributed by atoms with Gasteiger partial charge in [0.1, 0.15) is 6.17 Å². The van der Waals surface area contributed by atoms with Crippen molar-refractivity contribution < 1.29 is 4.39 Å². The summed E-state index contributed by atoms with van der Waals surface area (Å²) < 4.78 is 13.5. The molecule has 1 nitrogen and oxygen atoms in total. The van der Waals surface area contributed by atoms with E-state index in [1.807, 2.05) is 0 Å². The highest BCUT2D eigenvalue weighted by Gasteiger charge is 2.31. The van der Waals surface area contributed by atoms with Gasteiger partial charge in [-0.15, -0.1) is 0 Å². The normalized spacial score (nSPS) is 20.1. The summed E-state index contributed by atoms with van der Waals surface area (Å²) in [6, 6.07) is 19.3. The van der Waals surface area contributed by atoms with Gasteiger partial charge in [-0.1, -0.05) is 61.5 Å². The van der Waals surface area contributed by atoms with Crippen molar-refractivity contribution in [3.8, 4) is 0 Å². The topological polar surface area (TPSA) is 3.24 Å². The molecule has 0 heterocycles. The molecule has 0 radical (unpaired) electrons. The Morgan fingerprint density at radius 1 is 0.958 bits per heavy atom. The summed E-state index contributed by atoms with van der Waals surface area (Å²) in [5.74, 6) is 0.153. The molecule has 0 spiro atoms. The lowest BCUT2D eigenvalue weighted by Gasteiger charge is -2.30. The summed E-state index contributed by atoms with van der Waals surface area (Å²) in [5.41, 5.74) is 3.92. The first-order valence-electron chi connectivity index (χ1n) is 9.25. The molecule has 0 saturated heterocycles. The Hall–Kier alpha value is -1.67. The zero-order chi connectivity index (χ0) is 16.8. The highest BCUT2D eigenvalue weighted by Crippen LogP contribution is 2.39. The third-order valence-electron chi connectivity index (χ3n) is 5.23. The van der Waals surface area contributed by atoms with Gasteiger partial charge in [-0.2, -0.15) is 0 Å². The first-order chi connectivity index (χ1) is 11.8. The van der Waals surface area contributed by atoms with Gasteiger partial charge in [-0.25, -0.2) is 4.39 Å². The highest BCUT2D eigenvalue weighted by molar-refractivity contribution is 5.28. The standard InChI is InChI=1S/C22H28FN/c1-2-24(17-19-7-4-3-5-8-19)16-6-9-18-10-12-20(13-11-18)21-14-15-22(21)23/h3-5,7-8,10-13,21-22H,2,6,9,14-17H2,1H3. The van der Waals surface area contributed by atoms with E-state index in [9.17, 15) is 4.39 Å². The van der Waals surface area contributed by atoms with Crippen molar-refractivity contribution in [3.05, 3.63) is 71.3 Å². The van der Waals surface area contributed by atoms with E-state index in [0.717, 1.165) is 45.3 Å². The zero-order valence-corrected chi connectivity index (χ0v) is 14.6. The molecule has 2 heteroatoms. The smallest absolute Gasteiger partial charge is 0.107 e. The maximum Gasteiger partial charge on any atom is 0.107 e. The van der Waals surface area contributed by atoms with Crippen LogP contribution in [0.3, 0.4) is 0 Å². The molecule has 3 rings (SSSR count). The summed E-state index contributed by atoms with van der Waals surface area (Å²) in [5, 5.41) is 0. The molecule has 2 unspecified atom stereocenters. The molecular weight excluding hydrogens is 297 g/mol. The number of rotatable bonds is 8. The van der Waals surface area contributed by atoms with E-state index < -0.39 is 6.17 Å². The number of benzene rings is 2. The lowest BCUT2D eigenvalue weighted by Crippen LogP contribution is -2.25. The van der Waals surface area contributed by atoms with Gasteiger partial charge in [0.15, 0.2) is 0 Å². The van der Waals surface area contributed by atoms with Crippen molar-refractivity contribution in [2.24, 2.45) is 0 Å². The van der Waals surface area contributed by atoms with Crippen LogP contribution in [-0.4, -0.2) is 24.2 Å². The van der Waals surface area contributed by atoms with Gasteiger partial charge >= 0.3 is 0 Å². The molecule has 2 aromatic rings. The predicted molar refractivity (Wildman–Crippen MR) is 99.0 cm³/mol. The van der Waals surface area contributed by atoms with Gasteiger partial charge in [0.05, 0.1) is 0 Å². The van der Waals surface area contributed by atoms with Gasteiger partial charge in [0.2, 0.25) is 0 Å². The maximum absolute atomic E-state index is 13.5. The molecule has 1 saturated carbocycles. The molecular formula is C22H28FN. The minimum absolute atomic E-state index is 0.153. The highest BCUT2D eigenvalue weighted by atomic mass is 19.1. The van der Waals surface area contributed by atoms with Crippen LogP contribution in [-0.2, 0) is 13.0 Å². The van der Waals surface area contributed by atoms with Crippen LogP contribution in [0.15, 0.2) is 54.6 Å². The number of alkyl halides is 1. The Labute approximate surface area is 145 Å². The maximum atomic E-state index is 13.5. The number of aryl methyl sites for hydroxylation is 1. The van der Waals surface area contributed by atoms with Crippen LogP contribution in [0.25, 0.3) is 0 Å². The van der Waals surface area contributed by atoms with Crippen LogP contribution in [0.2, 0.25) is 0 Å². The fourth-order valence-electron chi connectivity index (χ4n) is 3.46. The molecule has 1 fully saturated rings.